The molecule has 0 aromatic heterocycles. The second-order valence-corrected chi connectivity index (χ2v) is 4.85. The van der Waals surface area contributed by atoms with Crippen LogP contribution in [0.3, 0.4) is 0 Å². The highest BCUT2D eigenvalue weighted by Gasteiger charge is 2.07. The molecule has 0 atom stereocenters. The number of anilines is 3. The first kappa shape index (κ1) is 12.8. The van der Waals surface area contributed by atoms with Crippen LogP contribution in [0, 0.1) is 18.6 Å². The van der Waals surface area contributed by atoms with Crippen LogP contribution < -0.4 is 11.1 Å². The zero-order valence-corrected chi connectivity index (χ0v) is 11.2. The second kappa shape index (κ2) is 4.94. The molecule has 0 aliphatic heterocycles. The summed E-state index contributed by atoms with van der Waals surface area (Å²) in [5.41, 5.74) is 7.84. The Morgan fingerprint density at radius 1 is 1.11 bits per heavy atom. The summed E-state index contributed by atoms with van der Waals surface area (Å²) in [6.45, 7) is 1.79. The van der Waals surface area contributed by atoms with Gasteiger partial charge in [0.2, 0.25) is 0 Å². The molecule has 0 radical (unpaired) electrons. The molecule has 2 nitrogen and oxygen atoms in total. The number of aryl methyl sites for hydroxylation is 1. The van der Waals surface area contributed by atoms with E-state index in [-0.39, 0.29) is 11.5 Å². The standard InChI is InChI=1S/C13H11BrF2N2/c1-7-2-8(15)4-9(3-7)18-13-5-10(14)11(16)6-12(13)17/h2-6,18H,17H2,1H3. The van der Waals surface area contributed by atoms with Gasteiger partial charge in [-0.15, -0.1) is 0 Å². The molecule has 3 N–H and O–H groups in total. The first-order valence-electron chi connectivity index (χ1n) is 5.24. The predicted octanol–water partition coefficient (Wildman–Crippen LogP) is 4.36. The molecule has 94 valence electrons. The monoisotopic (exact) mass is 312 g/mol. The second-order valence-electron chi connectivity index (χ2n) is 4.00. The number of nitrogens with two attached hydrogens (primary N) is 1. The molecular formula is C13H11BrF2N2. The van der Waals surface area contributed by atoms with Crippen LogP contribution in [0.1, 0.15) is 5.56 Å². The number of halogens is 3. The molecule has 5 heteroatoms. The third-order valence-electron chi connectivity index (χ3n) is 2.41. The summed E-state index contributed by atoms with van der Waals surface area (Å²) in [5, 5.41) is 2.96. The fourth-order valence-electron chi connectivity index (χ4n) is 1.63. The van der Waals surface area contributed by atoms with Crippen LogP contribution in [0.2, 0.25) is 0 Å². The fraction of sp³-hybridized carbons (Fsp3) is 0.0769. The lowest BCUT2D eigenvalue weighted by atomic mass is 10.2. The molecule has 0 aliphatic carbocycles. The summed E-state index contributed by atoms with van der Waals surface area (Å²) in [4.78, 5) is 0. The Morgan fingerprint density at radius 3 is 2.50 bits per heavy atom. The van der Waals surface area contributed by atoms with Crippen LogP contribution in [0.4, 0.5) is 25.8 Å². The molecule has 0 unspecified atom stereocenters. The van der Waals surface area contributed by atoms with Crippen molar-refractivity contribution in [1.82, 2.24) is 0 Å². The van der Waals surface area contributed by atoms with Gasteiger partial charge in [-0.05, 0) is 52.7 Å². The maximum absolute atomic E-state index is 13.2. The Morgan fingerprint density at radius 2 is 1.83 bits per heavy atom. The number of benzene rings is 2. The lowest BCUT2D eigenvalue weighted by Gasteiger charge is -2.11. The topological polar surface area (TPSA) is 38.0 Å². The van der Waals surface area contributed by atoms with Gasteiger partial charge in [0, 0.05) is 11.8 Å². The molecule has 0 fully saturated rings. The molecule has 0 amide bonds. The molecule has 0 aliphatic rings. The van der Waals surface area contributed by atoms with E-state index in [2.05, 4.69) is 21.2 Å². The van der Waals surface area contributed by atoms with Crippen LogP contribution in [-0.2, 0) is 0 Å². The van der Waals surface area contributed by atoms with Gasteiger partial charge in [0.05, 0.1) is 15.8 Å². The van der Waals surface area contributed by atoms with Gasteiger partial charge in [0.25, 0.3) is 0 Å². The van der Waals surface area contributed by atoms with Gasteiger partial charge < -0.3 is 11.1 Å². The largest absolute Gasteiger partial charge is 0.397 e. The van der Waals surface area contributed by atoms with Crippen molar-refractivity contribution in [3.63, 3.8) is 0 Å². The molecule has 0 saturated carbocycles. The lowest BCUT2D eigenvalue weighted by molar-refractivity contribution is 0.622. The lowest BCUT2D eigenvalue weighted by Crippen LogP contribution is -1.98. The molecular weight excluding hydrogens is 302 g/mol. The molecule has 2 aromatic carbocycles. The molecule has 18 heavy (non-hydrogen) atoms. The Balaban J connectivity index is 2.36. The van der Waals surface area contributed by atoms with E-state index in [0.717, 1.165) is 5.56 Å². The molecule has 0 spiro atoms. The highest BCUT2D eigenvalue weighted by molar-refractivity contribution is 9.10. The van der Waals surface area contributed by atoms with E-state index in [4.69, 9.17) is 5.73 Å². The Kier molecular flexibility index (Phi) is 3.52. The minimum Gasteiger partial charge on any atom is -0.397 e. The van der Waals surface area contributed by atoms with Gasteiger partial charge in [0.1, 0.15) is 11.6 Å². The van der Waals surface area contributed by atoms with Crippen molar-refractivity contribution in [2.75, 3.05) is 11.1 Å². The highest BCUT2D eigenvalue weighted by Crippen LogP contribution is 2.29. The maximum atomic E-state index is 13.2. The van der Waals surface area contributed by atoms with E-state index in [9.17, 15) is 8.78 Å². The maximum Gasteiger partial charge on any atom is 0.139 e. The van der Waals surface area contributed by atoms with Crippen molar-refractivity contribution in [2.24, 2.45) is 0 Å². The van der Waals surface area contributed by atoms with Crippen molar-refractivity contribution in [2.45, 2.75) is 6.92 Å². The number of rotatable bonds is 2. The average Bonchev–Trinajstić information content (AvgIpc) is 2.24. The van der Waals surface area contributed by atoms with Gasteiger partial charge in [-0.1, -0.05) is 0 Å². The zero-order chi connectivity index (χ0) is 13.3. The minimum atomic E-state index is -0.437. The zero-order valence-electron chi connectivity index (χ0n) is 9.60. The van der Waals surface area contributed by atoms with E-state index >= 15 is 0 Å². The van der Waals surface area contributed by atoms with Crippen LogP contribution in [-0.4, -0.2) is 0 Å². The Bertz CT molecular complexity index is 580. The van der Waals surface area contributed by atoms with Crippen molar-refractivity contribution in [3.05, 3.63) is 52.0 Å². The van der Waals surface area contributed by atoms with Crippen molar-refractivity contribution >= 4 is 33.0 Å². The van der Waals surface area contributed by atoms with Gasteiger partial charge in [-0.25, -0.2) is 8.78 Å². The van der Waals surface area contributed by atoms with E-state index in [1.54, 1.807) is 13.0 Å². The van der Waals surface area contributed by atoms with Gasteiger partial charge >= 0.3 is 0 Å². The Labute approximate surface area is 112 Å². The van der Waals surface area contributed by atoms with E-state index in [1.165, 1.54) is 24.3 Å². The molecule has 2 aromatic rings. The van der Waals surface area contributed by atoms with E-state index in [1.807, 2.05) is 0 Å². The van der Waals surface area contributed by atoms with E-state index in [0.29, 0.717) is 15.8 Å². The molecule has 0 heterocycles. The smallest absolute Gasteiger partial charge is 0.139 e. The third kappa shape index (κ3) is 2.79. The quantitative estimate of drug-likeness (QED) is 0.808. The fourth-order valence-corrected chi connectivity index (χ4v) is 1.98. The normalized spacial score (nSPS) is 10.4. The van der Waals surface area contributed by atoms with Crippen molar-refractivity contribution in [1.29, 1.82) is 0 Å². The number of hydrogen-bond acceptors (Lipinski definition) is 2. The van der Waals surface area contributed by atoms with Crippen LogP contribution in [0.25, 0.3) is 0 Å². The van der Waals surface area contributed by atoms with Crippen LogP contribution >= 0.6 is 15.9 Å². The average molecular weight is 313 g/mol. The summed E-state index contributed by atoms with van der Waals surface area (Å²) in [6.07, 6.45) is 0. The molecule has 0 bridgehead atoms. The van der Waals surface area contributed by atoms with E-state index < -0.39 is 5.82 Å². The first-order valence-corrected chi connectivity index (χ1v) is 6.04. The van der Waals surface area contributed by atoms with Crippen LogP contribution in [0.5, 0.6) is 0 Å². The summed E-state index contributed by atoms with van der Waals surface area (Å²) in [6, 6.07) is 7.28. The molecule has 0 saturated heterocycles. The number of nitrogen functional groups attached to an aromatic ring is 1. The molecule has 2 rings (SSSR count). The van der Waals surface area contributed by atoms with Gasteiger partial charge in [0.15, 0.2) is 0 Å². The van der Waals surface area contributed by atoms with Gasteiger partial charge in [-0.2, -0.15) is 0 Å². The van der Waals surface area contributed by atoms with Crippen molar-refractivity contribution in [3.8, 4) is 0 Å². The summed E-state index contributed by atoms with van der Waals surface area (Å²) >= 11 is 3.08. The SMILES string of the molecule is Cc1cc(F)cc(Nc2cc(Br)c(F)cc2N)c1. The van der Waals surface area contributed by atoms with Gasteiger partial charge in [-0.3, -0.25) is 0 Å². The minimum absolute atomic E-state index is 0.262. The summed E-state index contributed by atoms with van der Waals surface area (Å²) in [7, 11) is 0. The van der Waals surface area contributed by atoms with Crippen LogP contribution in [0.15, 0.2) is 34.8 Å². The number of nitrogens with one attached hydrogen (secondary N) is 1. The predicted molar refractivity (Wildman–Crippen MR) is 72.9 cm³/mol. The first-order chi connectivity index (χ1) is 8.45. The summed E-state index contributed by atoms with van der Waals surface area (Å²) < 4.78 is 26.7. The highest BCUT2D eigenvalue weighted by atomic mass is 79.9. The Hall–Kier alpha value is -1.62. The van der Waals surface area contributed by atoms with Crippen molar-refractivity contribution < 1.29 is 8.78 Å². The third-order valence-corrected chi connectivity index (χ3v) is 3.02. The number of hydrogen-bond donors (Lipinski definition) is 2. The summed E-state index contributed by atoms with van der Waals surface area (Å²) in [5.74, 6) is -0.772.